The molecule has 1 aromatic heterocycles. The van der Waals surface area contributed by atoms with Crippen LogP contribution >= 0.6 is 0 Å². The normalized spacial score (nSPS) is 8.42. The van der Waals surface area contributed by atoms with Crippen LogP contribution in [0.2, 0.25) is 0 Å². The largest absolute Gasteiger partial charge is 0.302 e. The van der Waals surface area contributed by atoms with E-state index in [0.29, 0.717) is 12.0 Å². The fraction of sp³-hybridized carbons (Fsp3) is 0.111. The molecular formula is C9H6FNO. The van der Waals surface area contributed by atoms with Crippen LogP contribution in [0.5, 0.6) is 0 Å². The maximum Gasteiger partial charge on any atom is 0.131 e. The molecule has 0 aromatic carbocycles. The Balaban J connectivity index is 2.77. The lowest BCUT2D eigenvalue weighted by molar-refractivity contribution is -0.107. The van der Waals surface area contributed by atoms with Gasteiger partial charge in [0.15, 0.2) is 0 Å². The molecule has 0 saturated carbocycles. The van der Waals surface area contributed by atoms with Gasteiger partial charge in [0.05, 0.1) is 6.42 Å². The maximum absolute atomic E-state index is 12.5. The minimum absolute atomic E-state index is 0.151. The Bertz CT molecular complexity index is 338. The van der Waals surface area contributed by atoms with Crippen molar-refractivity contribution in [2.24, 2.45) is 0 Å². The summed E-state index contributed by atoms with van der Waals surface area (Å²) in [6.07, 6.45) is 2.17. The van der Waals surface area contributed by atoms with Gasteiger partial charge in [-0.25, -0.2) is 9.37 Å². The zero-order valence-electron chi connectivity index (χ0n) is 6.25. The van der Waals surface area contributed by atoms with Gasteiger partial charge in [-0.2, -0.15) is 0 Å². The Kier molecular flexibility index (Phi) is 2.97. The summed E-state index contributed by atoms with van der Waals surface area (Å²) in [5, 5.41) is 0. The Morgan fingerprint density at radius 3 is 3.17 bits per heavy atom. The summed E-state index contributed by atoms with van der Waals surface area (Å²) in [5.41, 5.74) is 0.344. The zero-order chi connectivity index (χ0) is 8.81. The van der Waals surface area contributed by atoms with Gasteiger partial charge in [-0.15, -0.1) is 0 Å². The van der Waals surface area contributed by atoms with Crippen molar-refractivity contribution in [1.82, 2.24) is 4.98 Å². The van der Waals surface area contributed by atoms with Crippen LogP contribution in [0.4, 0.5) is 4.39 Å². The number of hydrogen-bond donors (Lipinski definition) is 0. The van der Waals surface area contributed by atoms with Crippen molar-refractivity contribution in [3.05, 3.63) is 29.8 Å². The molecular weight excluding hydrogens is 157 g/mol. The molecule has 0 N–H and O–H groups in total. The number of aldehydes is 1. The number of halogens is 1. The van der Waals surface area contributed by atoms with Gasteiger partial charge in [-0.3, -0.25) is 0 Å². The highest BCUT2D eigenvalue weighted by molar-refractivity contribution is 5.54. The van der Waals surface area contributed by atoms with Gasteiger partial charge in [-0.05, 0) is 12.0 Å². The summed E-state index contributed by atoms with van der Waals surface area (Å²) in [7, 11) is 0. The van der Waals surface area contributed by atoms with E-state index in [-0.39, 0.29) is 12.2 Å². The van der Waals surface area contributed by atoms with Crippen molar-refractivity contribution in [3.8, 4) is 11.8 Å². The van der Waals surface area contributed by atoms with Gasteiger partial charge >= 0.3 is 0 Å². The minimum Gasteiger partial charge on any atom is -0.302 e. The molecule has 0 atom stereocenters. The number of nitrogens with zero attached hydrogens (tertiary/aromatic N) is 1. The molecule has 0 aliphatic heterocycles. The second-order valence-electron chi connectivity index (χ2n) is 2.03. The maximum atomic E-state index is 12.5. The Morgan fingerprint density at radius 2 is 2.50 bits per heavy atom. The van der Waals surface area contributed by atoms with Crippen molar-refractivity contribution in [2.75, 3.05) is 0 Å². The number of pyridine rings is 1. The van der Waals surface area contributed by atoms with Crippen LogP contribution in [0, 0.1) is 17.7 Å². The van der Waals surface area contributed by atoms with Crippen LogP contribution in [-0.2, 0) is 4.79 Å². The number of carbonyl (C=O) groups is 1. The van der Waals surface area contributed by atoms with Crippen molar-refractivity contribution < 1.29 is 9.18 Å². The second kappa shape index (κ2) is 4.24. The first-order chi connectivity index (χ1) is 5.83. The minimum atomic E-state index is -0.375. The van der Waals surface area contributed by atoms with E-state index < -0.39 is 0 Å². The topological polar surface area (TPSA) is 30.0 Å². The molecule has 0 unspecified atom stereocenters. The van der Waals surface area contributed by atoms with E-state index in [4.69, 9.17) is 0 Å². The molecule has 0 saturated heterocycles. The fourth-order valence-electron chi connectivity index (χ4n) is 0.656. The predicted octanol–water partition coefficient (Wildman–Crippen LogP) is 1.16. The smallest absolute Gasteiger partial charge is 0.131 e. The zero-order valence-corrected chi connectivity index (χ0v) is 6.25. The molecule has 12 heavy (non-hydrogen) atoms. The molecule has 3 heteroatoms. The lowest BCUT2D eigenvalue weighted by atomic mass is 10.3. The van der Waals surface area contributed by atoms with Crippen molar-refractivity contribution in [2.45, 2.75) is 6.42 Å². The highest BCUT2D eigenvalue weighted by atomic mass is 19.1. The van der Waals surface area contributed by atoms with Gasteiger partial charge in [0.25, 0.3) is 0 Å². The van der Waals surface area contributed by atoms with Crippen molar-refractivity contribution in [1.29, 1.82) is 0 Å². The number of hydrogen-bond acceptors (Lipinski definition) is 2. The third-order valence-electron chi connectivity index (χ3n) is 1.12. The Labute approximate surface area is 69.4 Å². The van der Waals surface area contributed by atoms with Gasteiger partial charge < -0.3 is 4.79 Å². The lowest BCUT2D eigenvalue weighted by Gasteiger charge is -1.87. The Hall–Kier alpha value is -1.69. The van der Waals surface area contributed by atoms with Gasteiger partial charge in [0.2, 0.25) is 0 Å². The molecule has 0 bridgehead atoms. The molecule has 0 radical (unpaired) electrons. The average molecular weight is 163 g/mol. The highest BCUT2D eigenvalue weighted by Gasteiger charge is 1.90. The molecule has 1 aromatic rings. The molecule has 0 fully saturated rings. The predicted molar refractivity (Wildman–Crippen MR) is 41.8 cm³/mol. The van der Waals surface area contributed by atoms with E-state index in [2.05, 4.69) is 16.8 Å². The first-order valence-electron chi connectivity index (χ1n) is 3.37. The molecule has 2 nitrogen and oxygen atoms in total. The van der Waals surface area contributed by atoms with Crippen LogP contribution in [0.15, 0.2) is 18.3 Å². The summed E-state index contributed by atoms with van der Waals surface area (Å²) in [6, 6.07) is 2.46. The van der Waals surface area contributed by atoms with Crippen LogP contribution in [-0.4, -0.2) is 11.3 Å². The second-order valence-corrected chi connectivity index (χ2v) is 2.03. The van der Waals surface area contributed by atoms with Gasteiger partial charge in [-0.1, -0.05) is 5.92 Å². The van der Waals surface area contributed by atoms with Crippen LogP contribution in [0.3, 0.4) is 0 Å². The SMILES string of the molecule is O=CCC#Cc1cc(F)ccn1. The molecule has 0 aliphatic rings. The van der Waals surface area contributed by atoms with Crippen LogP contribution < -0.4 is 0 Å². The van der Waals surface area contributed by atoms with Crippen LogP contribution in [0.25, 0.3) is 0 Å². The molecule has 0 aliphatic carbocycles. The number of aromatic nitrogens is 1. The number of rotatable bonds is 1. The third kappa shape index (κ3) is 2.51. The van der Waals surface area contributed by atoms with E-state index in [1.54, 1.807) is 0 Å². The summed E-state index contributed by atoms with van der Waals surface area (Å²) >= 11 is 0. The standard InChI is InChI=1S/C9H6FNO/c10-8-4-5-11-9(7-8)3-1-2-6-12/h4-7H,2H2. The fourth-order valence-corrected chi connectivity index (χ4v) is 0.656. The summed E-state index contributed by atoms with van der Waals surface area (Å²) in [5.74, 6) is 4.71. The molecule has 60 valence electrons. The molecule has 0 spiro atoms. The first kappa shape index (κ1) is 8.41. The van der Waals surface area contributed by atoms with Crippen molar-refractivity contribution in [3.63, 3.8) is 0 Å². The van der Waals surface area contributed by atoms with E-state index in [1.807, 2.05) is 0 Å². The van der Waals surface area contributed by atoms with E-state index in [9.17, 15) is 9.18 Å². The lowest BCUT2D eigenvalue weighted by Crippen LogP contribution is -1.82. The van der Waals surface area contributed by atoms with E-state index in [1.165, 1.54) is 18.3 Å². The summed E-state index contributed by atoms with van der Waals surface area (Å²) in [4.78, 5) is 13.6. The van der Waals surface area contributed by atoms with Crippen LogP contribution in [0.1, 0.15) is 12.1 Å². The number of carbonyl (C=O) groups excluding carboxylic acids is 1. The van der Waals surface area contributed by atoms with Crippen molar-refractivity contribution >= 4 is 6.29 Å². The molecule has 1 heterocycles. The quantitative estimate of drug-likeness (QED) is 0.459. The first-order valence-corrected chi connectivity index (χ1v) is 3.37. The van der Waals surface area contributed by atoms with Gasteiger partial charge in [0.1, 0.15) is 17.8 Å². The summed E-state index contributed by atoms with van der Waals surface area (Å²) in [6.45, 7) is 0. The Morgan fingerprint density at radius 1 is 1.67 bits per heavy atom. The van der Waals surface area contributed by atoms with Gasteiger partial charge in [0, 0.05) is 12.3 Å². The average Bonchev–Trinajstić information content (AvgIpc) is 2.05. The van der Waals surface area contributed by atoms with E-state index in [0.717, 1.165) is 0 Å². The summed E-state index contributed by atoms with van der Waals surface area (Å²) < 4.78 is 12.5. The molecule has 0 amide bonds. The third-order valence-corrected chi connectivity index (χ3v) is 1.12. The molecule has 1 rings (SSSR count). The highest BCUT2D eigenvalue weighted by Crippen LogP contribution is 1.96. The van der Waals surface area contributed by atoms with E-state index >= 15 is 0 Å². The monoisotopic (exact) mass is 163 g/mol.